The summed E-state index contributed by atoms with van der Waals surface area (Å²) in [6.07, 6.45) is 3.89. The fourth-order valence-corrected chi connectivity index (χ4v) is 5.00. The third-order valence-corrected chi connectivity index (χ3v) is 6.94. The number of hydrogen-bond acceptors (Lipinski definition) is 5. The molecular weight excluding hydrogens is 436 g/mol. The van der Waals surface area contributed by atoms with E-state index in [1.807, 2.05) is 37.3 Å². The first-order valence-corrected chi connectivity index (χ1v) is 12.4. The minimum atomic E-state index is -0.0373. The lowest BCUT2D eigenvalue weighted by Gasteiger charge is -2.13. The van der Waals surface area contributed by atoms with Gasteiger partial charge in [-0.1, -0.05) is 59.8 Å². The fourth-order valence-electron chi connectivity index (χ4n) is 5.00. The number of carbonyl (C=O) groups excluding carboxylic acids is 1. The molecule has 178 valence electrons. The Morgan fingerprint density at radius 1 is 0.943 bits per heavy atom. The Balaban J connectivity index is 1.26. The number of aryl methyl sites for hydroxylation is 1. The van der Waals surface area contributed by atoms with Gasteiger partial charge in [0.05, 0.1) is 12.5 Å². The number of ether oxygens (including phenoxy) is 1. The standard InChI is InChI=1S/C30H30N2O3/c1-3-34-30(33)27-10-9-21(19-27)18-25-15-16-26(17-20(25)2)28-31-29(35-32-28)24-13-11-23(12-14-24)22-7-5-4-6-8-22/h4-8,11-17,21,27H,3,9-10,18-19H2,1-2H3/t21-,27-/m1/s1. The number of carbonyl (C=O) groups is 1. The van der Waals surface area contributed by atoms with E-state index in [1.165, 1.54) is 16.7 Å². The molecule has 5 heteroatoms. The highest BCUT2D eigenvalue weighted by Crippen LogP contribution is 2.35. The minimum absolute atomic E-state index is 0.0373. The van der Waals surface area contributed by atoms with Crippen LogP contribution in [0.3, 0.4) is 0 Å². The molecule has 3 aromatic carbocycles. The van der Waals surface area contributed by atoms with E-state index in [0.29, 0.717) is 24.2 Å². The van der Waals surface area contributed by atoms with Crippen LogP contribution < -0.4 is 0 Å². The molecule has 0 aliphatic heterocycles. The molecular formula is C30H30N2O3. The van der Waals surface area contributed by atoms with Gasteiger partial charge in [-0.2, -0.15) is 4.98 Å². The first-order chi connectivity index (χ1) is 17.1. The molecule has 0 bridgehead atoms. The van der Waals surface area contributed by atoms with Crippen molar-refractivity contribution in [2.24, 2.45) is 11.8 Å². The smallest absolute Gasteiger partial charge is 0.308 e. The first-order valence-electron chi connectivity index (χ1n) is 12.4. The van der Waals surface area contributed by atoms with E-state index >= 15 is 0 Å². The summed E-state index contributed by atoms with van der Waals surface area (Å²) in [5, 5.41) is 4.23. The lowest BCUT2D eigenvalue weighted by molar-refractivity contribution is -0.147. The van der Waals surface area contributed by atoms with Gasteiger partial charge in [-0.05, 0) is 85.9 Å². The summed E-state index contributed by atoms with van der Waals surface area (Å²) in [5.74, 6) is 1.63. The topological polar surface area (TPSA) is 65.2 Å². The number of nitrogens with zero attached hydrogens (tertiary/aromatic N) is 2. The van der Waals surface area contributed by atoms with E-state index in [4.69, 9.17) is 9.26 Å². The summed E-state index contributed by atoms with van der Waals surface area (Å²) in [5.41, 5.74) is 6.68. The highest BCUT2D eigenvalue weighted by Gasteiger charge is 2.31. The van der Waals surface area contributed by atoms with Gasteiger partial charge in [0.1, 0.15) is 0 Å². The maximum Gasteiger partial charge on any atom is 0.308 e. The normalized spacial score (nSPS) is 17.4. The van der Waals surface area contributed by atoms with Crippen LogP contribution in [-0.4, -0.2) is 22.7 Å². The molecule has 0 amide bonds. The molecule has 2 atom stereocenters. The second-order valence-electron chi connectivity index (χ2n) is 9.34. The molecule has 35 heavy (non-hydrogen) atoms. The quantitative estimate of drug-likeness (QED) is 0.277. The maximum atomic E-state index is 12.1. The van der Waals surface area contributed by atoms with E-state index in [-0.39, 0.29) is 11.9 Å². The van der Waals surface area contributed by atoms with Crippen LogP contribution in [0.2, 0.25) is 0 Å². The van der Waals surface area contributed by atoms with Gasteiger partial charge in [-0.15, -0.1) is 0 Å². The van der Waals surface area contributed by atoms with Gasteiger partial charge < -0.3 is 9.26 Å². The highest BCUT2D eigenvalue weighted by atomic mass is 16.5. The predicted molar refractivity (Wildman–Crippen MR) is 137 cm³/mol. The highest BCUT2D eigenvalue weighted by molar-refractivity contribution is 5.72. The lowest BCUT2D eigenvalue weighted by Crippen LogP contribution is -2.15. The maximum absolute atomic E-state index is 12.1. The molecule has 0 radical (unpaired) electrons. The van der Waals surface area contributed by atoms with Crippen molar-refractivity contribution < 1.29 is 14.1 Å². The summed E-state index contributed by atoms with van der Waals surface area (Å²) in [6.45, 7) is 4.45. The van der Waals surface area contributed by atoms with Crippen LogP contribution in [0, 0.1) is 18.8 Å². The molecule has 0 N–H and O–H groups in total. The van der Waals surface area contributed by atoms with E-state index in [2.05, 4.69) is 59.5 Å². The van der Waals surface area contributed by atoms with Crippen molar-refractivity contribution in [3.8, 4) is 34.0 Å². The Kier molecular flexibility index (Phi) is 6.75. The summed E-state index contributed by atoms with van der Waals surface area (Å²) in [6, 6.07) is 24.8. The average molecular weight is 467 g/mol. The van der Waals surface area contributed by atoms with Crippen molar-refractivity contribution in [2.45, 2.75) is 39.5 Å². The van der Waals surface area contributed by atoms with Crippen LogP contribution >= 0.6 is 0 Å². The fraction of sp³-hybridized carbons (Fsp3) is 0.300. The van der Waals surface area contributed by atoms with E-state index in [0.717, 1.165) is 42.4 Å². The van der Waals surface area contributed by atoms with Crippen LogP contribution in [0.1, 0.15) is 37.3 Å². The molecule has 4 aromatic rings. The Morgan fingerprint density at radius 3 is 2.40 bits per heavy atom. The Bertz CT molecular complexity index is 1290. The minimum Gasteiger partial charge on any atom is -0.466 e. The Hall–Kier alpha value is -3.73. The average Bonchev–Trinajstić information content (AvgIpc) is 3.57. The van der Waals surface area contributed by atoms with Crippen LogP contribution in [0.5, 0.6) is 0 Å². The van der Waals surface area contributed by atoms with Crippen molar-refractivity contribution in [1.82, 2.24) is 10.1 Å². The van der Waals surface area contributed by atoms with Crippen LogP contribution in [-0.2, 0) is 16.0 Å². The first kappa shape index (κ1) is 23.0. The molecule has 1 aliphatic rings. The van der Waals surface area contributed by atoms with Crippen LogP contribution in [0.25, 0.3) is 34.0 Å². The van der Waals surface area contributed by atoms with Gasteiger partial charge in [-0.3, -0.25) is 4.79 Å². The van der Waals surface area contributed by atoms with Gasteiger partial charge >= 0.3 is 5.97 Å². The zero-order chi connectivity index (χ0) is 24.2. The monoisotopic (exact) mass is 466 g/mol. The third kappa shape index (κ3) is 5.19. The van der Waals surface area contributed by atoms with Crippen LogP contribution in [0.4, 0.5) is 0 Å². The summed E-state index contributed by atoms with van der Waals surface area (Å²) in [4.78, 5) is 16.7. The Morgan fingerprint density at radius 2 is 1.66 bits per heavy atom. The molecule has 1 aliphatic carbocycles. The molecule has 5 nitrogen and oxygen atoms in total. The van der Waals surface area contributed by atoms with E-state index < -0.39 is 0 Å². The van der Waals surface area contributed by atoms with E-state index in [9.17, 15) is 4.79 Å². The number of benzene rings is 3. The third-order valence-electron chi connectivity index (χ3n) is 6.94. The number of aromatic nitrogens is 2. The molecule has 0 spiro atoms. The van der Waals surface area contributed by atoms with Gasteiger partial charge in [0.25, 0.3) is 5.89 Å². The van der Waals surface area contributed by atoms with Crippen molar-refractivity contribution in [3.63, 3.8) is 0 Å². The summed E-state index contributed by atoms with van der Waals surface area (Å²) < 4.78 is 10.8. The van der Waals surface area contributed by atoms with Gasteiger partial charge in [0.2, 0.25) is 5.82 Å². The zero-order valence-electron chi connectivity index (χ0n) is 20.2. The van der Waals surface area contributed by atoms with Gasteiger partial charge in [-0.25, -0.2) is 0 Å². The Labute approximate surface area is 206 Å². The molecule has 0 unspecified atom stereocenters. The van der Waals surface area contributed by atoms with Crippen LogP contribution in [0.15, 0.2) is 77.3 Å². The number of hydrogen-bond donors (Lipinski definition) is 0. The predicted octanol–water partition coefficient (Wildman–Crippen LogP) is 6.90. The summed E-state index contributed by atoms with van der Waals surface area (Å²) >= 11 is 0. The molecule has 1 fully saturated rings. The van der Waals surface area contributed by atoms with Gasteiger partial charge in [0, 0.05) is 11.1 Å². The second-order valence-corrected chi connectivity index (χ2v) is 9.34. The molecule has 1 saturated carbocycles. The number of rotatable bonds is 7. The van der Waals surface area contributed by atoms with Crippen molar-refractivity contribution >= 4 is 5.97 Å². The molecule has 1 aromatic heterocycles. The lowest BCUT2D eigenvalue weighted by atomic mass is 9.93. The molecule has 1 heterocycles. The van der Waals surface area contributed by atoms with Crippen molar-refractivity contribution in [3.05, 3.63) is 83.9 Å². The second kappa shape index (κ2) is 10.3. The summed E-state index contributed by atoms with van der Waals surface area (Å²) in [7, 11) is 0. The number of esters is 1. The van der Waals surface area contributed by atoms with Crippen molar-refractivity contribution in [1.29, 1.82) is 0 Å². The molecule has 5 rings (SSSR count). The van der Waals surface area contributed by atoms with Crippen molar-refractivity contribution in [2.75, 3.05) is 6.61 Å². The SMILES string of the molecule is CCOC(=O)[C@@H]1CC[C@H](Cc2ccc(-c3noc(-c4ccc(-c5ccccc5)cc4)n3)cc2C)C1. The zero-order valence-corrected chi connectivity index (χ0v) is 20.2. The van der Waals surface area contributed by atoms with Gasteiger partial charge in [0.15, 0.2) is 0 Å². The van der Waals surface area contributed by atoms with E-state index in [1.54, 1.807) is 0 Å². The largest absolute Gasteiger partial charge is 0.466 e. The molecule has 0 saturated heterocycles.